The first-order valence-electron chi connectivity index (χ1n) is 14.4. The number of hydrogen-bond acceptors (Lipinski definition) is 6. The van der Waals surface area contributed by atoms with Gasteiger partial charge >= 0.3 is 5.97 Å². The average molecular weight is 619 g/mol. The molecule has 234 valence electrons. The number of hydrogen-bond donors (Lipinski definition) is 1. The van der Waals surface area contributed by atoms with Gasteiger partial charge in [0.2, 0.25) is 5.88 Å². The maximum atomic E-state index is 15.1. The Hall–Kier alpha value is -4.74. The first-order valence-corrected chi connectivity index (χ1v) is 14.4. The van der Waals surface area contributed by atoms with E-state index in [-0.39, 0.29) is 41.3 Å². The van der Waals surface area contributed by atoms with Crippen molar-refractivity contribution in [1.29, 1.82) is 0 Å². The number of aromatic carboxylic acids is 1. The van der Waals surface area contributed by atoms with E-state index in [2.05, 4.69) is 21.9 Å². The highest BCUT2D eigenvalue weighted by Crippen LogP contribution is 2.28. The van der Waals surface area contributed by atoms with Crippen LogP contribution in [0.3, 0.4) is 0 Å². The molecule has 0 spiro atoms. The summed E-state index contributed by atoms with van der Waals surface area (Å²) >= 11 is 0. The highest BCUT2D eigenvalue weighted by molar-refractivity contribution is 5.92. The second-order valence-corrected chi connectivity index (χ2v) is 10.9. The van der Waals surface area contributed by atoms with Gasteiger partial charge in [-0.1, -0.05) is 18.2 Å². The number of nitrogens with zero attached hydrogens (tertiary/aromatic N) is 4. The number of likely N-dealkylation sites (N-methyl/N-ethyl adjacent to an activating group) is 1. The van der Waals surface area contributed by atoms with Gasteiger partial charge in [-0.2, -0.15) is 0 Å². The molecule has 0 amide bonds. The van der Waals surface area contributed by atoms with Crippen molar-refractivity contribution < 1.29 is 32.5 Å². The summed E-state index contributed by atoms with van der Waals surface area (Å²) in [6, 6.07) is 16.2. The fourth-order valence-corrected chi connectivity index (χ4v) is 4.84. The molecule has 45 heavy (non-hydrogen) atoms. The SMILES string of the molecule is CN1CCOCC1.Cc1ccc(COc2cccc(-c3cc(F)c(Cc4nc5ccc(C(=O)O)cc5n4C)cc3F)n2)c(F)c1. The van der Waals surface area contributed by atoms with E-state index in [1.807, 2.05) is 0 Å². The Bertz CT molecular complexity index is 1840. The van der Waals surface area contributed by atoms with E-state index < -0.39 is 23.4 Å². The summed E-state index contributed by atoms with van der Waals surface area (Å²) in [5.74, 6) is -2.19. The van der Waals surface area contributed by atoms with Crippen LogP contribution in [-0.4, -0.2) is 63.9 Å². The second-order valence-electron chi connectivity index (χ2n) is 10.9. The van der Waals surface area contributed by atoms with Crippen LogP contribution in [0.25, 0.3) is 22.3 Å². The van der Waals surface area contributed by atoms with Crippen LogP contribution < -0.4 is 4.74 Å². The lowest BCUT2D eigenvalue weighted by molar-refractivity contribution is 0.0503. The topological polar surface area (TPSA) is 89.7 Å². The molecule has 11 heteroatoms. The Morgan fingerprint density at radius 3 is 2.36 bits per heavy atom. The zero-order chi connectivity index (χ0) is 32.1. The monoisotopic (exact) mass is 618 g/mol. The van der Waals surface area contributed by atoms with E-state index in [4.69, 9.17) is 9.47 Å². The summed E-state index contributed by atoms with van der Waals surface area (Å²) < 4.78 is 56.7. The molecule has 1 saturated heterocycles. The summed E-state index contributed by atoms with van der Waals surface area (Å²) in [6.45, 7) is 5.74. The van der Waals surface area contributed by atoms with Gasteiger partial charge < -0.3 is 24.0 Å². The molecule has 1 N–H and O–H groups in total. The van der Waals surface area contributed by atoms with Crippen LogP contribution in [0.2, 0.25) is 0 Å². The Morgan fingerprint density at radius 2 is 1.67 bits per heavy atom. The van der Waals surface area contributed by atoms with E-state index in [0.29, 0.717) is 22.4 Å². The molecule has 0 aliphatic carbocycles. The number of imidazole rings is 1. The molecule has 2 aromatic heterocycles. The third-order valence-electron chi connectivity index (χ3n) is 7.52. The summed E-state index contributed by atoms with van der Waals surface area (Å²) in [5.41, 5.74) is 2.58. The van der Waals surface area contributed by atoms with E-state index >= 15 is 8.78 Å². The van der Waals surface area contributed by atoms with Crippen LogP contribution in [0.1, 0.15) is 32.9 Å². The number of benzene rings is 3. The van der Waals surface area contributed by atoms with Crippen molar-refractivity contribution >= 4 is 17.0 Å². The lowest BCUT2D eigenvalue weighted by Crippen LogP contribution is -2.32. The molecular weight excluding hydrogens is 585 g/mol. The molecule has 1 aliphatic heterocycles. The lowest BCUT2D eigenvalue weighted by Gasteiger charge is -2.21. The van der Waals surface area contributed by atoms with Gasteiger partial charge in [0.05, 0.1) is 35.5 Å². The van der Waals surface area contributed by atoms with Crippen LogP contribution in [-0.2, 0) is 24.8 Å². The molecule has 1 fully saturated rings. The van der Waals surface area contributed by atoms with Crippen LogP contribution in [0.5, 0.6) is 5.88 Å². The van der Waals surface area contributed by atoms with E-state index in [1.54, 1.807) is 48.9 Å². The molecule has 3 aromatic carbocycles. The minimum atomic E-state index is -1.07. The number of carboxylic acids is 1. The third-order valence-corrected chi connectivity index (χ3v) is 7.52. The zero-order valence-corrected chi connectivity index (χ0v) is 25.2. The van der Waals surface area contributed by atoms with E-state index in [1.165, 1.54) is 24.3 Å². The van der Waals surface area contributed by atoms with Crippen molar-refractivity contribution in [3.8, 4) is 17.1 Å². The number of halogens is 3. The molecule has 0 atom stereocenters. The standard InChI is InChI=1S/C29H22F3N3O3.C5H11NO/c1-16-6-7-18(21(30)10-16)15-38-28-5-3-4-24(34-28)20-14-22(31)19(11-23(20)32)13-27-33-25-9-8-17(29(36)37)12-26(25)35(27)2;1-6-2-4-7-5-3-6/h3-12,14H,13,15H2,1-2H3,(H,36,37);2-5H2,1H3. The van der Waals surface area contributed by atoms with Crippen molar-refractivity contribution in [2.24, 2.45) is 7.05 Å². The first-order chi connectivity index (χ1) is 21.6. The van der Waals surface area contributed by atoms with Crippen molar-refractivity contribution in [2.75, 3.05) is 33.4 Å². The van der Waals surface area contributed by atoms with Crippen LogP contribution in [0.4, 0.5) is 13.2 Å². The quantitative estimate of drug-likeness (QED) is 0.233. The largest absolute Gasteiger partial charge is 0.478 e. The number of aromatic nitrogens is 3. The lowest BCUT2D eigenvalue weighted by atomic mass is 10.0. The molecule has 0 bridgehead atoms. The number of rotatable bonds is 7. The smallest absolute Gasteiger partial charge is 0.335 e. The Balaban J connectivity index is 0.000000505. The number of pyridine rings is 1. The highest BCUT2D eigenvalue weighted by Gasteiger charge is 2.17. The van der Waals surface area contributed by atoms with Gasteiger partial charge in [0.15, 0.2) is 0 Å². The Kier molecular flexibility index (Phi) is 9.80. The summed E-state index contributed by atoms with van der Waals surface area (Å²) in [7, 11) is 3.80. The first kappa shape index (κ1) is 31.7. The van der Waals surface area contributed by atoms with Gasteiger partial charge in [-0.15, -0.1) is 0 Å². The minimum absolute atomic E-state index is 0.00465. The van der Waals surface area contributed by atoms with Crippen molar-refractivity contribution in [2.45, 2.75) is 20.0 Å². The number of aryl methyl sites for hydroxylation is 2. The Morgan fingerprint density at radius 1 is 0.911 bits per heavy atom. The predicted octanol–water partition coefficient (Wildman–Crippen LogP) is 6.18. The van der Waals surface area contributed by atoms with Crippen molar-refractivity contribution in [1.82, 2.24) is 19.4 Å². The van der Waals surface area contributed by atoms with Gasteiger partial charge in [-0.25, -0.2) is 27.9 Å². The zero-order valence-electron chi connectivity index (χ0n) is 25.2. The molecule has 3 heterocycles. The number of carbonyl (C=O) groups is 1. The highest BCUT2D eigenvalue weighted by atomic mass is 19.1. The van der Waals surface area contributed by atoms with Crippen molar-refractivity contribution in [3.63, 3.8) is 0 Å². The van der Waals surface area contributed by atoms with E-state index in [9.17, 15) is 14.3 Å². The summed E-state index contributed by atoms with van der Waals surface area (Å²) in [5, 5.41) is 9.23. The molecule has 1 aliphatic rings. The average Bonchev–Trinajstić information content (AvgIpc) is 3.33. The fraction of sp³-hybridized carbons (Fsp3) is 0.265. The van der Waals surface area contributed by atoms with Gasteiger partial charge in [-0.05, 0) is 67.6 Å². The molecule has 0 unspecified atom stereocenters. The maximum Gasteiger partial charge on any atom is 0.335 e. The van der Waals surface area contributed by atoms with Gasteiger partial charge in [0, 0.05) is 43.8 Å². The number of ether oxygens (including phenoxy) is 2. The van der Waals surface area contributed by atoms with Crippen LogP contribution >= 0.6 is 0 Å². The normalized spacial score (nSPS) is 13.4. The van der Waals surface area contributed by atoms with Crippen LogP contribution in [0, 0.1) is 24.4 Å². The minimum Gasteiger partial charge on any atom is -0.478 e. The third kappa shape index (κ3) is 7.68. The van der Waals surface area contributed by atoms with Crippen molar-refractivity contribution in [3.05, 3.63) is 112 Å². The summed E-state index contributed by atoms with van der Waals surface area (Å²) in [6.07, 6.45) is -0.00465. The second kappa shape index (κ2) is 13.9. The molecular formula is C34H33F3N4O4. The van der Waals surface area contributed by atoms with Gasteiger partial charge in [0.1, 0.15) is 29.9 Å². The summed E-state index contributed by atoms with van der Waals surface area (Å²) in [4.78, 5) is 22.3. The maximum absolute atomic E-state index is 15.1. The number of fused-ring (bicyclic) bond motifs is 1. The van der Waals surface area contributed by atoms with Crippen LogP contribution in [0.15, 0.2) is 66.7 Å². The molecule has 8 nitrogen and oxygen atoms in total. The number of morpholine rings is 1. The number of carboxylic acid groups (broad SMARTS) is 1. The molecule has 0 radical (unpaired) electrons. The molecule has 0 saturated carbocycles. The van der Waals surface area contributed by atoms with E-state index in [0.717, 1.165) is 44.0 Å². The Labute approximate surface area is 258 Å². The molecule has 6 rings (SSSR count). The van der Waals surface area contributed by atoms with Gasteiger partial charge in [-0.3, -0.25) is 0 Å². The van der Waals surface area contributed by atoms with Gasteiger partial charge in [0.25, 0.3) is 0 Å². The fourth-order valence-electron chi connectivity index (χ4n) is 4.84. The predicted molar refractivity (Wildman–Crippen MR) is 164 cm³/mol. The molecule has 5 aromatic rings.